The molecule has 1 rings (SSSR count). The lowest BCUT2D eigenvalue weighted by atomic mass is 9.89. The fourth-order valence-electron chi connectivity index (χ4n) is 2.49. The molecule has 1 aromatic carbocycles. The lowest BCUT2D eigenvalue weighted by Gasteiger charge is -2.14. The Morgan fingerprint density at radius 3 is 2.42 bits per heavy atom. The quantitative estimate of drug-likeness (QED) is 0.568. The van der Waals surface area contributed by atoms with Crippen molar-refractivity contribution in [1.29, 1.82) is 0 Å². The summed E-state index contributed by atoms with van der Waals surface area (Å²) in [6, 6.07) is 10.5. The standard InChI is InChI=1S/C18H28O/c1-4-5-7-10-16(3)18(19)14-15(2)13-17-11-8-6-9-12-17/h6,8-9,11-12,15-16H,4-5,7,10,13-14H2,1-3H3/t15-,16-/m0/s1. The number of carbonyl (C=O) groups is 1. The molecule has 0 aliphatic heterocycles. The second-order valence-electron chi connectivity index (χ2n) is 5.86. The van der Waals surface area contributed by atoms with Crippen LogP contribution < -0.4 is 0 Å². The summed E-state index contributed by atoms with van der Waals surface area (Å²) in [5.74, 6) is 1.13. The van der Waals surface area contributed by atoms with Crippen molar-refractivity contribution in [3.05, 3.63) is 35.9 Å². The molecule has 1 nitrogen and oxygen atoms in total. The minimum absolute atomic E-state index is 0.241. The Morgan fingerprint density at radius 1 is 1.11 bits per heavy atom. The van der Waals surface area contributed by atoms with Gasteiger partial charge in [0, 0.05) is 12.3 Å². The molecule has 1 heteroatoms. The zero-order valence-electron chi connectivity index (χ0n) is 12.7. The number of unbranched alkanes of at least 4 members (excludes halogenated alkanes) is 2. The molecule has 0 saturated carbocycles. The third-order valence-corrected chi connectivity index (χ3v) is 3.77. The molecule has 0 unspecified atom stereocenters. The molecule has 0 amide bonds. The SMILES string of the molecule is CCCCC[C@H](C)C(=O)C[C@@H](C)Cc1ccccc1. The maximum absolute atomic E-state index is 12.1. The highest BCUT2D eigenvalue weighted by atomic mass is 16.1. The van der Waals surface area contributed by atoms with Crippen LogP contribution in [0.4, 0.5) is 0 Å². The first-order valence-electron chi connectivity index (χ1n) is 7.70. The minimum Gasteiger partial charge on any atom is -0.299 e. The van der Waals surface area contributed by atoms with Crippen LogP contribution in [0.25, 0.3) is 0 Å². The van der Waals surface area contributed by atoms with E-state index in [1.54, 1.807) is 0 Å². The monoisotopic (exact) mass is 260 g/mol. The van der Waals surface area contributed by atoms with Gasteiger partial charge in [-0.25, -0.2) is 0 Å². The molecule has 0 spiro atoms. The number of rotatable bonds is 9. The van der Waals surface area contributed by atoms with E-state index >= 15 is 0 Å². The fraction of sp³-hybridized carbons (Fsp3) is 0.611. The van der Waals surface area contributed by atoms with E-state index < -0.39 is 0 Å². The van der Waals surface area contributed by atoms with E-state index in [1.165, 1.54) is 24.8 Å². The van der Waals surface area contributed by atoms with Gasteiger partial charge in [0.1, 0.15) is 5.78 Å². The Morgan fingerprint density at radius 2 is 1.79 bits per heavy atom. The maximum Gasteiger partial charge on any atom is 0.135 e. The van der Waals surface area contributed by atoms with Crippen LogP contribution in [0.2, 0.25) is 0 Å². The van der Waals surface area contributed by atoms with Crippen molar-refractivity contribution >= 4 is 5.78 Å². The molecule has 19 heavy (non-hydrogen) atoms. The molecule has 0 fully saturated rings. The topological polar surface area (TPSA) is 17.1 Å². The first-order valence-corrected chi connectivity index (χ1v) is 7.70. The number of hydrogen-bond acceptors (Lipinski definition) is 1. The van der Waals surface area contributed by atoms with E-state index in [4.69, 9.17) is 0 Å². The van der Waals surface area contributed by atoms with Crippen LogP contribution in [0.1, 0.15) is 58.4 Å². The van der Waals surface area contributed by atoms with Crippen molar-refractivity contribution in [2.24, 2.45) is 11.8 Å². The molecular weight excluding hydrogens is 232 g/mol. The number of hydrogen-bond donors (Lipinski definition) is 0. The smallest absolute Gasteiger partial charge is 0.135 e. The average Bonchev–Trinajstić information content (AvgIpc) is 2.39. The Hall–Kier alpha value is -1.11. The van der Waals surface area contributed by atoms with Crippen LogP contribution in [0, 0.1) is 11.8 Å². The zero-order chi connectivity index (χ0) is 14.1. The molecular formula is C18H28O. The van der Waals surface area contributed by atoms with Crippen LogP contribution in [0.5, 0.6) is 0 Å². The highest BCUT2D eigenvalue weighted by Gasteiger charge is 2.16. The highest BCUT2D eigenvalue weighted by molar-refractivity contribution is 5.80. The Bertz CT molecular complexity index is 355. The second-order valence-corrected chi connectivity index (χ2v) is 5.86. The molecule has 0 heterocycles. The summed E-state index contributed by atoms with van der Waals surface area (Å²) in [7, 11) is 0. The molecule has 0 aliphatic rings. The van der Waals surface area contributed by atoms with Crippen molar-refractivity contribution in [2.45, 2.75) is 59.3 Å². The van der Waals surface area contributed by atoms with Gasteiger partial charge < -0.3 is 0 Å². The lowest BCUT2D eigenvalue weighted by Crippen LogP contribution is -2.15. The molecule has 2 atom stereocenters. The van der Waals surface area contributed by atoms with Crippen LogP contribution >= 0.6 is 0 Å². The third-order valence-electron chi connectivity index (χ3n) is 3.77. The summed E-state index contributed by atoms with van der Waals surface area (Å²) in [5, 5.41) is 0. The minimum atomic E-state index is 0.241. The van der Waals surface area contributed by atoms with E-state index in [2.05, 4.69) is 45.0 Å². The molecule has 0 aliphatic carbocycles. The zero-order valence-corrected chi connectivity index (χ0v) is 12.7. The van der Waals surface area contributed by atoms with Crippen molar-refractivity contribution in [3.8, 4) is 0 Å². The molecule has 0 aromatic heterocycles. The van der Waals surface area contributed by atoms with Gasteiger partial charge >= 0.3 is 0 Å². The summed E-state index contributed by atoms with van der Waals surface area (Å²) < 4.78 is 0. The maximum atomic E-state index is 12.1. The van der Waals surface area contributed by atoms with Gasteiger partial charge in [0.05, 0.1) is 0 Å². The van der Waals surface area contributed by atoms with Crippen LogP contribution in [0.3, 0.4) is 0 Å². The molecule has 0 bridgehead atoms. The van der Waals surface area contributed by atoms with Gasteiger partial charge in [-0.2, -0.15) is 0 Å². The number of Topliss-reactive ketones (excluding diaryl/α,β-unsaturated/α-hetero) is 1. The van der Waals surface area contributed by atoms with Crippen molar-refractivity contribution in [2.75, 3.05) is 0 Å². The van der Waals surface area contributed by atoms with Gasteiger partial charge in [0.2, 0.25) is 0 Å². The van der Waals surface area contributed by atoms with Crippen LogP contribution in [0.15, 0.2) is 30.3 Å². The number of ketones is 1. The normalized spacial score (nSPS) is 14.1. The van der Waals surface area contributed by atoms with E-state index in [0.29, 0.717) is 11.7 Å². The largest absolute Gasteiger partial charge is 0.299 e. The molecule has 106 valence electrons. The molecule has 0 radical (unpaired) electrons. The number of carbonyl (C=O) groups excluding carboxylic acids is 1. The van der Waals surface area contributed by atoms with E-state index in [1.807, 2.05) is 6.07 Å². The average molecular weight is 260 g/mol. The molecule has 0 saturated heterocycles. The Kier molecular flexibility index (Phi) is 7.47. The van der Waals surface area contributed by atoms with Gasteiger partial charge in [0.15, 0.2) is 0 Å². The van der Waals surface area contributed by atoms with E-state index in [9.17, 15) is 4.79 Å². The predicted molar refractivity (Wildman–Crippen MR) is 82.2 cm³/mol. The predicted octanol–water partition coefficient (Wildman–Crippen LogP) is 5.04. The van der Waals surface area contributed by atoms with E-state index in [0.717, 1.165) is 19.3 Å². The van der Waals surface area contributed by atoms with Crippen LogP contribution in [-0.4, -0.2) is 5.78 Å². The summed E-state index contributed by atoms with van der Waals surface area (Å²) >= 11 is 0. The third kappa shape index (κ3) is 6.56. The van der Waals surface area contributed by atoms with Gasteiger partial charge in [-0.1, -0.05) is 70.4 Å². The van der Waals surface area contributed by atoms with Crippen molar-refractivity contribution in [1.82, 2.24) is 0 Å². The van der Waals surface area contributed by atoms with Gasteiger partial charge in [-0.05, 0) is 24.3 Å². The second kappa shape index (κ2) is 8.90. The van der Waals surface area contributed by atoms with Crippen molar-refractivity contribution < 1.29 is 4.79 Å². The summed E-state index contributed by atoms with van der Waals surface area (Å²) in [6.07, 6.45) is 6.46. The first kappa shape index (κ1) is 15.9. The lowest BCUT2D eigenvalue weighted by molar-refractivity contribution is -0.123. The van der Waals surface area contributed by atoms with Gasteiger partial charge in [0.25, 0.3) is 0 Å². The van der Waals surface area contributed by atoms with Gasteiger partial charge in [-0.3, -0.25) is 4.79 Å². The summed E-state index contributed by atoms with van der Waals surface area (Å²) in [4.78, 5) is 12.1. The van der Waals surface area contributed by atoms with Crippen molar-refractivity contribution in [3.63, 3.8) is 0 Å². The van der Waals surface area contributed by atoms with Crippen LogP contribution in [-0.2, 0) is 11.2 Å². The molecule has 0 N–H and O–H groups in total. The Balaban J connectivity index is 2.31. The van der Waals surface area contributed by atoms with E-state index in [-0.39, 0.29) is 5.92 Å². The van der Waals surface area contributed by atoms with Gasteiger partial charge in [-0.15, -0.1) is 0 Å². The first-order chi connectivity index (χ1) is 9.13. The highest BCUT2D eigenvalue weighted by Crippen LogP contribution is 2.18. The summed E-state index contributed by atoms with van der Waals surface area (Å²) in [6.45, 7) is 6.48. The Labute approximate surface area is 118 Å². The fourth-order valence-corrected chi connectivity index (χ4v) is 2.49. The number of benzene rings is 1. The molecule has 1 aromatic rings. The summed E-state index contributed by atoms with van der Waals surface area (Å²) in [5.41, 5.74) is 1.33.